The quantitative estimate of drug-likeness (QED) is 0.221. The first-order chi connectivity index (χ1) is 10.4. The highest BCUT2D eigenvalue weighted by atomic mass is 14.7. The fourth-order valence-electron chi connectivity index (χ4n) is 2.79. The van der Waals surface area contributed by atoms with E-state index in [2.05, 4.69) is 17.9 Å². The summed E-state index contributed by atoms with van der Waals surface area (Å²) in [4.78, 5) is 3.79. The predicted molar refractivity (Wildman–Crippen MR) is 94.6 cm³/mol. The topological polar surface area (TPSA) is 36.2 Å². The van der Waals surface area contributed by atoms with Crippen molar-refractivity contribution in [1.29, 1.82) is 5.41 Å². The van der Waals surface area contributed by atoms with Gasteiger partial charge in [0.15, 0.2) is 0 Å². The van der Waals surface area contributed by atoms with Crippen molar-refractivity contribution >= 4 is 6.01 Å². The van der Waals surface area contributed by atoms with E-state index >= 15 is 0 Å². The molecule has 2 nitrogen and oxygen atoms in total. The Morgan fingerprint density at radius 1 is 0.571 bits per heavy atom. The Labute approximate surface area is 133 Å². The zero-order chi connectivity index (χ0) is 15.4. The molecule has 0 aromatic heterocycles. The van der Waals surface area contributed by atoms with Crippen molar-refractivity contribution in [1.82, 2.24) is 0 Å². The van der Waals surface area contributed by atoms with E-state index in [1.54, 1.807) is 0 Å². The standard InChI is InChI=1S/C19H38N2/c1-2-3-4-5-6-7-8-9-10-11-12-13-14-15-16-17-18-21-19-20/h20H,2-18H2,1H3. The fraction of sp³-hybridized carbons (Fsp3) is 0.947. The molecule has 0 fully saturated rings. The molecule has 0 saturated carbocycles. The Morgan fingerprint density at radius 2 is 0.905 bits per heavy atom. The van der Waals surface area contributed by atoms with Gasteiger partial charge in [0.2, 0.25) is 0 Å². The fourth-order valence-corrected chi connectivity index (χ4v) is 2.79. The molecule has 1 N–H and O–H groups in total. The van der Waals surface area contributed by atoms with E-state index in [0.717, 1.165) is 13.0 Å². The molecule has 0 heterocycles. The van der Waals surface area contributed by atoms with Crippen LogP contribution in [0.2, 0.25) is 0 Å². The van der Waals surface area contributed by atoms with E-state index < -0.39 is 0 Å². The van der Waals surface area contributed by atoms with Gasteiger partial charge in [0.05, 0.1) is 6.01 Å². The molecule has 124 valence electrons. The number of nitrogens with one attached hydrogen (secondary N) is 1. The van der Waals surface area contributed by atoms with Gasteiger partial charge in [0.25, 0.3) is 0 Å². The third kappa shape index (κ3) is 19.4. The third-order valence-corrected chi connectivity index (χ3v) is 4.20. The van der Waals surface area contributed by atoms with E-state index in [4.69, 9.17) is 5.41 Å². The average Bonchev–Trinajstić information content (AvgIpc) is 2.50. The summed E-state index contributed by atoms with van der Waals surface area (Å²) in [7, 11) is 0. The third-order valence-electron chi connectivity index (χ3n) is 4.20. The van der Waals surface area contributed by atoms with Gasteiger partial charge in [0, 0.05) is 6.54 Å². The number of unbranched alkanes of at least 4 members (excludes halogenated alkanes) is 15. The van der Waals surface area contributed by atoms with Gasteiger partial charge in [-0.25, -0.2) is 10.4 Å². The second-order valence-corrected chi connectivity index (χ2v) is 6.30. The van der Waals surface area contributed by atoms with Crippen molar-refractivity contribution in [2.24, 2.45) is 4.99 Å². The van der Waals surface area contributed by atoms with Crippen LogP contribution in [0.3, 0.4) is 0 Å². The molecule has 0 radical (unpaired) electrons. The monoisotopic (exact) mass is 294 g/mol. The summed E-state index contributed by atoms with van der Waals surface area (Å²) in [5, 5.41) is 6.68. The molecule has 0 amide bonds. The second-order valence-electron chi connectivity index (χ2n) is 6.30. The lowest BCUT2D eigenvalue weighted by atomic mass is 10.0. The van der Waals surface area contributed by atoms with E-state index in [0.29, 0.717) is 0 Å². The Hall–Kier alpha value is -0.620. The highest BCUT2D eigenvalue weighted by Gasteiger charge is 1.94. The summed E-state index contributed by atoms with van der Waals surface area (Å²) < 4.78 is 0. The van der Waals surface area contributed by atoms with Crippen LogP contribution in [0, 0.1) is 5.41 Å². The minimum atomic E-state index is 0.794. The molecule has 0 atom stereocenters. The van der Waals surface area contributed by atoms with Crippen LogP contribution in [0.1, 0.15) is 110 Å². The molecule has 0 unspecified atom stereocenters. The van der Waals surface area contributed by atoms with E-state index in [-0.39, 0.29) is 0 Å². The Balaban J connectivity index is 2.94. The smallest absolute Gasteiger partial charge is 0.0861 e. The van der Waals surface area contributed by atoms with E-state index in [1.807, 2.05) is 0 Å². The Bertz CT molecular complexity index is 232. The van der Waals surface area contributed by atoms with Crippen LogP contribution in [0.15, 0.2) is 4.99 Å². The molecule has 0 aromatic rings. The minimum absolute atomic E-state index is 0.794. The zero-order valence-corrected chi connectivity index (χ0v) is 14.5. The van der Waals surface area contributed by atoms with Gasteiger partial charge >= 0.3 is 0 Å². The summed E-state index contributed by atoms with van der Waals surface area (Å²) in [5.74, 6) is 0. The molecular weight excluding hydrogens is 256 g/mol. The van der Waals surface area contributed by atoms with Crippen molar-refractivity contribution < 1.29 is 0 Å². The lowest BCUT2D eigenvalue weighted by Crippen LogP contribution is -1.84. The zero-order valence-electron chi connectivity index (χ0n) is 14.5. The summed E-state index contributed by atoms with van der Waals surface area (Å²) in [5.41, 5.74) is 0. The number of hydrogen-bond donors (Lipinski definition) is 1. The summed E-state index contributed by atoms with van der Waals surface area (Å²) in [6.07, 6.45) is 22.4. The Kier molecular flexibility index (Phi) is 18.8. The van der Waals surface area contributed by atoms with Crippen molar-refractivity contribution in [2.45, 2.75) is 110 Å². The van der Waals surface area contributed by atoms with Crippen molar-refractivity contribution in [3.63, 3.8) is 0 Å². The minimum Gasteiger partial charge on any atom is -0.242 e. The molecule has 0 aliphatic carbocycles. The highest BCUT2D eigenvalue weighted by Crippen LogP contribution is 2.13. The number of nitrogens with zero attached hydrogens (tertiary/aromatic N) is 1. The number of aliphatic imine (C=N–C) groups is 1. The first-order valence-electron chi connectivity index (χ1n) is 9.50. The maximum absolute atomic E-state index is 6.68. The van der Waals surface area contributed by atoms with Gasteiger partial charge in [-0.1, -0.05) is 103 Å². The number of hydrogen-bond acceptors (Lipinski definition) is 2. The molecule has 0 aliphatic rings. The molecular formula is C19H38N2. The van der Waals surface area contributed by atoms with Crippen LogP contribution >= 0.6 is 0 Å². The van der Waals surface area contributed by atoms with Gasteiger partial charge in [-0.3, -0.25) is 0 Å². The SMILES string of the molecule is CCCCCCCCCCCCCCCCCCN=C=N. The molecule has 0 bridgehead atoms. The molecule has 0 aliphatic heterocycles. The second kappa shape index (κ2) is 19.4. The molecule has 0 aromatic carbocycles. The molecule has 21 heavy (non-hydrogen) atoms. The van der Waals surface area contributed by atoms with Crippen LogP contribution < -0.4 is 0 Å². The van der Waals surface area contributed by atoms with E-state index in [1.165, 1.54) is 96.3 Å². The van der Waals surface area contributed by atoms with Crippen LogP contribution in [-0.4, -0.2) is 12.6 Å². The van der Waals surface area contributed by atoms with Crippen LogP contribution in [-0.2, 0) is 0 Å². The summed E-state index contributed by atoms with van der Waals surface area (Å²) in [6, 6.07) is 2.09. The first kappa shape index (κ1) is 20.4. The summed E-state index contributed by atoms with van der Waals surface area (Å²) >= 11 is 0. The van der Waals surface area contributed by atoms with Gasteiger partial charge in [-0.15, -0.1) is 0 Å². The summed E-state index contributed by atoms with van der Waals surface area (Å²) in [6.45, 7) is 3.08. The molecule has 0 spiro atoms. The highest BCUT2D eigenvalue weighted by molar-refractivity contribution is 5.35. The van der Waals surface area contributed by atoms with Gasteiger partial charge < -0.3 is 0 Å². The molecule has 0 saturated heterocycles. The predicted octanol–water partition coefficient (Wildman–Crippen LogP) is 7.00. The van der Waals surface area contributed by atoms with Gasteiger partial charge in [0.1, 0.15) is 0 Å². The van der Waals surface area contributed by atoms with Crippen LogP contribution in [0.25, 0.3) is 0 Å². The molecule has 0 rings (SSSR count). The van der Waals surface area contributed by atoms with Gasteiger partial charge in [-0.05, 0) is 6.42 Å². The van der Waals surface area contributed by atoms with Crippen molar-refractivity contribution in [2.75, 3.05) is 6.54 Å². The lowest BCUT2D eigenvalue weighted by Gasteiger charge is -2.03. The van der Waals surface area contributed by atoms with Gasteiger partial charge in [-0.2, -0.15) is 0 Å². The van der Waals surface area contributed by atoms with Crippen LogP contribution in [0.4, 0.5) is 0 Å². The van der Waals surface area contributed by atoms with E-state index in [9.17, 15) is 0 Å². The normalized spacial score (nSPS) is 10.5. The largest absolute Gasteiger partial charge is 0.242 e. The molecule has 2 heteroatoms. The Morgan fingerprint density at radius 3 is 1.24 bits per heavy atom. The van der Waals surface area contributed by atoms with Crippen molar-refractivity contribution in [3.05, 3.63) is 0 Å². The average molecular weight is 295 g/mol. The number of rotatable bonds is 17. The first-order valence-corrected chi connectivity index (χ1v) is 9.50. The lowest BCUT2D eigenvalue weighted by molar-refractivity contribution is 0.530. The maximum atomic E-state index is 6.68. The maximum Gasteiger partial charge on any atom is 0.0861 e. The van der Waals surface area contributed by atoms with Crippen LogP contribution in [0.5, 0.6) is 0 Å². The van der Waals surface area contributed by atoms with Crippen molar-refractivity contribution in [3.8, 4) is 0 Å².